The van der Waals surface area contributed by atoms with E-state index in [0.717, 1.165) is 17.7 Å². The molecule has 2 atom stereocenters. The van der Waals surface area contributed by atoms with Crippen LogP contribution in [0.15, 0.2) is 107 Å². The highest BCUT2D eigenvalue weighted by atomic mass is 32.2. The molecule has 0 radical (unpaired) electrons. The van der Waals surface area contributed by atoms with Crippen LogP contribution < -0.4 is 5.32 Å². The van der Waals surface area contributed by atoms with Crippen molar-refractivity contribution in [1.29, 1.82) is 0 Å². The number of benzene rings is 3. The number of hydrogen-bond donors (Lipinski definition) is 1. The standard InChI is InChI=1S/C34H29F3N4O5S/c35-34(36,37)24-12-16-26(17-13-24)39-32-41(20-27-8-5-19-45-27)31(43)29(47-32)23-10-14-25(15-11-23)38-30(42)28-9-4-18-40(28)33(44)46-21-22-6-2-1-3-7-22/h1-3,5-8,10-17,19,28-29H,4,9,18,20-21H2,(H,38,42)/b39-32-/t28-,29?/m0/s1. The number of halogens is 3. The zero-order chi connectivity index (χ0) is 33.0. The molecular weight excluding hydrogens is 633 g/mol. The van der Waals surface area contributed by atoms with E-state index >= 15 is 0 Å². The highest BCUT2D eigenvalue weighted by Gasteiger charge is 2.40. The van der Waals surface area contributed by atoms with E-state index in [9.17, 15) is 27.6 Å². The molecule has 47 heavy (non-hydrogen) atoms. The Hall–Kier alpha value is -5.04. The first-order valence-electron chi connectivity index (χ1n) is 14.8. The second kappa shape index (κ2) is 13.8. The van der Waals surface area contributed by atoms with Crippen LogP contribution in [-0.4, -0.2) is 45.5 Å². The number of amides is 3. The summed E-state index contributed by atoms with van der Waals surface area (Å²) in [6, 6.07) is 23.2. The molecule has 0 spiro atoms. The number of ether oxygens (including phenoxy) is 1. The molecule has 4 aromatic rings. The molecule has 1 N–H and O–H groups in total. The minimum atomic E-state index is -4.48. The third kappa shape index (κ3) is 7.51. The van der Waals surface area contributed by atoms with E-state index < -0.39 is 29.1 Å². The molecule has 13 heteroatoms. The maximum atomic E-state index is 13.6. The van der Waals surface area contributed by atoms with E-state index in [1.165, 1.54) is 40.0 Å². The number of amidine groups is 1. The number of nitrogens with zero attached hydrogens (tertiary/aromatic N) is 3. The van der Waals surface area contributed by atoms with Crippen molar-refractivity contribution < 1.29 is 36.7 Å². The lowest BCUT2D eigenvalue weighted by Crippen LogP contribution is -2.43. The van der Waals surface area contributed by atoms with Gasteiger partial charge in [-0.15, -0.1) is 0 Å². The van der Waals surface area contributed by atoms with Gasteiger partial charge in [0.1, 0.15) is 23.7 Å². The van der Waals surface area contributed by atoms with Crippen molar-refractivity contribution in [3.63, 3.8) is 0 Å². The van der Waals surface area contributed by atoms with Gasteiger partial charge < -0.3 is 14.5 Å². The van der Waals surface area contributed by atoms with Gasteiger partial charge in [-0.25, -0.2) is 9.79 Å². The third-order valence-corrected chi connectivity index (χ3v) is 8.97. The second-order valence-corrected chi connectivity index (χ2v) is 12.0. The number of furan rings is 1. The number of likely N-dealkylation sites (tertiary alicyclic amines) is 1. The maximum Gasteiger partial charge on any atom is 0.416 e. The van der Waals surface area contributed by atoms with Gasteiger partial charge in [-0.2, -0.15) is 13.2 Å². The van der Waals surface area contributed by atoms with Crippen molar-refractivity contribution in [2.75, 3.05) is 11.9 Å². The van der Waals surface area contributed by atoms with E-state index in [2.05, 4.69) is 10.3 Å². The Balaban J connectivity index is 1.13. The van der Waals surface area contributed by atoms with Crippen LogP contribution in [0.4, 0.5) is 29.3 Å². The highest BCUT2D eigenvalue weighted by molar-refractivity contribution is 8.15. The first-order chi connectivity index (χ1) is 22.7. The van der Waals surface area contributed by atoms with Crippen LogP contribution in [0.25, 0.3) is 0 Å². The summed E-state index contributed by atoms with van der Waals surface area (Å²) >= 11 is 1.17. The fourth-order valence-corrected chi connectivity index (χ4v) is 6.49. The molecule has 3 aromatic carbocycles. The smallest absolute Gasteiger partial charge is 0.416 e. The van der Waals surface area contributed by atoms with Crippen LogP contribution in [0.5, 0.6) is 0 Å². The van der Waals surface area contributed by atoms with Gasteiger partial charge in [-0.3, -0.25) is 19.4 Å². The molecule has 3 amide bonds. The zero-order valence-corrected chi connectivity index (χ0v) is 25.7. The molecule has 1 aromatic heterocycles. The van der Waals surface area contributed by atoms with Gasteiger partial charge in [0.15, 0.2) is 5.17 Å². The molecule has 2 aliphatic rings. The lowest BCUT2D eigenvalue weighted by Gasteiger charge is -2.23. The van der Waals surface area contributed by atoms with Crippen LogP contribution in [0, 0.1) is 0 Å². The summed E-state index contributed by atoms with van der Waals surface area (Å²) in [7, 11) is 0. The van der Waals surface area contributed by atoms with Crippen LogP contribution >= 0.6 is 11.8 Å². The summed E-state index contributed by atoms with van der Waals surface area (Å²) < 4.78 is 50.0. The number of carbonyl (C=O) groups is 3. The van der Waals surface area contributed by atoms with Gasteiger partial charge in [0.25, 0.3) is 0 Å². The molecule has 6 rings (SSSR count). The number of hydrogen-bond acceptors (Lipinski definition) is 7. The van der Waals surface area contributed by atoms with Crippen molar-refractivity contribution in [3.05, 3.63) is 120 Å². The average Bonchev–Trinajstić information content (AvgIpc) is 3.83. The van der Waals surface area contributed by atoms with E-state index in [1.54, 1.807) is 36.4 Å². The molecule has 2 saturated heterocycles. The van der Waals surface area contributed by atoms with Gasteiger partial charge in [-0.05, 0) is 72.5 Å². The number of anilines is 1. The average molecular weight is 663 g/mol. The summed E-state index contributed by atoms with van der Waals surface area (Å²) in [5, 5.41) is 2.49. The number of carbonyl (C=O) groups excluding carboxylic acids is 3. The number of alkyl halides is 3. The lowest BCUT2D eigenvalue weighted by atomic mass is 10.1. The Morgan fingerprint density at radius 1 is 0.979 bits per heavy atom. The second-order valence-electron chi connectivity index (χ2n) is 10.9. The number of thioether (sulfide) groups is 1. The van der Waals surface area contributed by atoms with Crippen molar-refractivity contribution in [3.8, 4) is 0 Å². The first-order valence-corrected chi connectivity index (χ1v) is 15.7. The molecule has 9 nitrogen and oxygen atoms in total. The maximum absolute atomic E-state index is 13.6. The Morgan fingerprint density at radius 3 is 2.40 bits per heavy atom. The number of nitrogens with one attached hydrogen (secondary N) is 1. The van der Waals surface area contributed by atoms with Crippen LogP contribution in [0.2, 0.25) is 0 Å². The largest absolute Gasteiger partial charge is 0.467 e. The normalized spacial score (nSPS) is 19.0. The van der Waals surface area contributed by atoms with E-state index in [0.29, 0.717) is 41.6 Å². The van der Waals surface area contributed by atoms with Crippen molar-refractivity contribution in [1.82, 2.24) is 9.80 Å². The Bertz CT molecular complexity index is 1750. The summed E-state index contributed by atoms with van der Waals surface area (Å²) in [5.41, 5.74) is 1.46. The summed E-state index contributed by atoms with van der Waals surface area (Å²) in [4.78, 5) is 46.9. The van der Waals surface area contributed by atoms with Crippen LogP contribution in [-0.2, 0) is 33.7 Å². The van der Waals surface area contributed by atoms with Crippen molar-refractivity contribution in [2.24, 2.45) is 4.99 Å². The molecule has 2 fully saturated rings. The molecule has 1 unspecified atom stereocenters. The SMILES string of the molecule is O=C(Nc1ccc(C2S/C(=N\c3ccc(C(F)(F)F)cc3)N(Cc3ccco3)C2=O)cc1)[C@@H]1CCCN1C(=O)OCc1ccccc1. The van der Waals surface area contributed by atoms with Gasteiger partial charge in [-0.1, -0.05) is 54.2 Å². The summed E-state index contributed by atoms with van der Waals surface area (Å²) in [6.45, 7) is 0.616. The highest BCUT2D eigenvalue weighted by Crippen LogP contribution is 2.42. The number of rotatable bonds is 8. The monoisotopic (exact) mass is 662 g/mol. The molecule has 3 heterocycles. The number of aliphatic imine (C=N–C) groups is 1. The third-order valence-electron chi connectivity index (χ3n) is 7.73. The van der Waals surface area contributed by atoms with Gasteiger partial charge in [0.05, 0.1) is 24.1 Å². The minimum absolute atomic E-state index is 0.0919. The lowest BCUT2D eigenvalue weighted by molar-refractivity contribution is -0.137. The minimum Gasteiger partial charge on any atom is -0.467 e. The Morgan fingerprint density at radius 2 is 1.72 bits per heavy atom. The Kier molecular flexibility index (Phi) is 9.34. The topological polar surface area (TPSA) is 104 Å². The Labute approximate surface area is 272 Å². The van der Waals surface area contributed by atoms with Crippen molar-refractivity contribution in [2.45, 2.75) is 43.5 Å². The van der Waals surface area contributed by atoms with Crippen molar-refractivity contribution >= 4 is 46.2 Å². The fourth-order valence-electron chi connectivity index (χ4n) is 5.32. The van der Waals surface area contributed by atoms with Crippen LogP contribution in [0.1, 0.15) is 40.5 Å². The molecule has 242 valence electrons. The predicted octanol–water partition coefficient (Wildman–Crippen LogP) is 7.54. The molecule has 0 aliphatic carbocycles. The molecule has 0 bridgehead atoms. The van der Waals surface area contributed by atoms with Gasteiger partial charge >= 0.3 is 12.3 Å². The molecule has 0 saturated carbocycles. The molecule has 2 aliphatic heterocycles. The van der Waals surface area contributed by atoms with Crippen LogP contribution in [0.3, 0.4) is 0 Å². The quantitative estimate of drug-likeness (QED) is 0.209. The van der Waals surface area contributed by atoms with Gasteiger partial charge in [0.2, 0.25) is 11.8 Å². The van der Waals surface area contributed by atoms with E-state index in [4.69, 9.17) is 9.15 Å². The summed E-state index contributed by atoms with van der Waals surface area (Å²) in [5.74, 6) is -0.0963. The zero-order valence-electron chi connectivity index (χ0n) is 24.9. The van der Waals surface area contributed by atoms with Gasteiger partial charge in [0, 0.05) is 12.2 Å². The van der Waals surface area contributed by atoms with E-state index in [-0.39, 0.29) is 30.7 Å². The summed E-state index contributed by atoms with van der Waals surface area (Å²) in [6.07, 6.45) is -2.37. The van der Waals surface area contributed by atoms with E-state index in [1.807, 2.05) is 30.3 Å². The molecular formula is C34H29F3N4O5S. The first kappa shape index (κ1) is 31.9. The fraction of sp³-hybridized carbons (Fsp3) is 0.235. The predicted molar refractivity (Wildman–Crippen MR) is 170 cm³/mol.